The van der Waals surface area contributed by atoms with Gasteiger partial charge >= 0.3 is 11.9 Å². The first-order valence-corrected chi connectivity index (χ1v) is 2.98. The summed E-state index contributed by atoms with van der Waals surface area (Å²) in [6, 6.07) is 0. The number of hydrogen-bond acceptors (Lipinski definition) is 2. The minimum absolute atomic E-state index is 0. The maximum Gasteiger partial charge on any atom is 0.303 e. The van der Waals surface area contributed by atoms with Crippen LogP contribution in [0.1, 0.15) is 26.7 Å². The van der Waals surface area contributed by atoms with E-state index in [1.807, 2.05) is 0 Å². The van der Waals surface area contributed by atoms with Crippen LogP contribution >= 0.6 is 0 Å². The molecule has 0 saturated carbocycles. The number of hydrogen-bond donors (Lipinski definition) is 2. The Hall–Kier alpha value is -0.517. The monoisotopic (exact) mass is 248 g/mol. The van der Waals surface area contributed by atoms with E-state index in [1.165, 1.54) is 0 Å². The van der Waals surface area contributed by atoms with Crippen LogP contribution in [0, 0.1) is 0 Å². The third-order valence-electron chi connectivity index (χ3n) is 0.605. The van der Waals surface area contributed by atoms with Crippen LogP contribution in [0.2, 0.25) is 0 Å². The van der Waals surface area contributed by atoms with Gasteiger partial charge in [0.25, 0.3) is 0 Å². The van der Waals surface area contributed by atoms with Gasteiger partial charge in [0.1, 0.15) is 0 Å². The van der Waals surface area contributed by atoms with Gasteiger partial charge in [-0.2, -0.15) is 0 Å². The van der Waals surface area contributed by atoms with Crippen molar-refractivity contribution in [3.63, 3.8) is 0 Å². The van der Waals surface area contributed by atoms with Crippen molar-refractivity contribution in [2.45, 2.75) is 26.7 Å². The molecule has 7 heteroatoms. The summed E-state index contributed by atoms with van der Waals surface area (Å²) in [5.41, 5.74) is 0. The fraction of sp³-hybridized carbons (Fsp3) is 0.667. The Bertz CT molecular complexity index is 102. The number of carboxylic acid groups (broad SMARTS) is 2. The quantitative estimate of drug-likeness (QED) is 0.625. The van der Waals surface area contributed by atoms with Crippen LogP contribution in [0.25, 0.3) is 0 Å². The number of rotatable bonds is 2. The number of aliphatic carboxylic acids is 2. The maximum absolute atomic E-state index is 9.37. The molecule has 6 N–H and O–H groups in total. The zero-order chi connectivity index (χ0) is 8.57. The zero-order valence-electron chi connectivity index (χ0n) is 7.83. The van der Waals surface area contributed by atoms with Crippen LogP contribution in [-0.4, -0.2) is 33.1 Å². The summed E-state index contributed by atoms with van der Waals surface area (Å²) in [4.78, 5) is 18.7. The molecule has 78 valence electrons. The van der Waals surface area contributed by atoms with E-state index < -0.39 is 11.9 Å². The number of carboxylic acids is 2. The van der Waals surface area contributed by atoms with Crippen molar-refractivity contribution in [1.82, 2.24) is 0 Å². The first-order chi connectivity index (χ1) is 4.54. The summed E-state index contributed by atoms with van der Waals surface area (Å²) in [6.07, 6.45) is 0.444. The van der Waals surface area contributed by atoms with Crippen LogP contribution in [-0.2, 0) is 29.1 Å². The van der Waals surface area contributed by atoms with Crippen molar-refractivity contribution in [1.29, 1.82) is 0 Å². The van der Waals surface area contributed by atoms with Crippen molar-refractivity contribution in [2.75, 3.05) is 0 Å². The molecule has 0 saturated heterocycles. The van der Waals surface area contributed by atoms with Crippen molar-refractivity contribution >= 4 is 11.9 Å². The molecule has 0 fully saturated rings. The third kappa shape index (κ3) is 85.1. The molecule has 0 heterocycles. The van der Waals surface area contributed by atoms with Gasteiger partial charge < -0.3 is 21.2 Å². The second-order valence-electron chi connectivity index (χ2n) is 1.49. The molecule has 13 heavy (non-hydrogen) atoms. The molecule has 0 spiro atoms. The van der Waals surface area contributed by atoms with Gasteiger partial charge in [-0.1, -0.05) is 13.8 Å². The van der Waals surface area contributed by atoms with Crippen molar-refractivity contribution < 1.29 is 50.2 Å². The summed E-state index contributed by atoms with van der Waals surface area (Å²) in [5, 5.41) is 15.4. The SMILES string of the molecule is CCC(=O)O.CCC(=O)O.O.O.[Zn]. The minimum Gasteiger partial charge on any atom is -0.481 e. The third-order valence-corrected chi connectivity index (χ3v) is 0.605. The molecular formula is C6H16O6Zn. The van der Waals surface area contributed by atoms with E-state index in [-0.39, 0.29) is 43.3 Å². The fourth-order valence-corrected chi connectivity index (χ4v) is 0. The van der Waals surface area contributed by atoms with Crippen LogP contribution in [0.4, 0.5) is 0 Å². The van der Waals surface area contributed by atoms with Gasteiger partial charge in [0.2, 0.25) is 0 Å². The Morgan fingerprint density at radius 1 is 0.923 bits per heavy atom. The Kier molecular flexibility index (Phi) is 51.0. The molecule has 0 rings (SSSR count). The fourth-order valence-electron chi connectivity index (χ4n) is 0. The van der Waals surface area contributed by atoms with E-state index in [9.17, 15) is 9.59 Å². The van der Waals surface area contributed by atoms with E-state index in [0.717, 1.165) is 0 Å². The summed E-state index contributed by atoms with van der Waals surface area (Å²) < 4.78 is 0. The van der Waals surface area contributed by atoms with Gasteiger partial charge in [0.15, 0.2) is 0 Å². The summed E-state index contributed by atoms with van der Waals surface area (Å²) in [5.74, 6) is -1.49. The second-order valence-corrected chi connectivity index (χ2v) is 1.49. The van der Waals surface area contributed by atoms with E-state index in [2.05, 4.69) is 0 Å². The van der Waals surface area contributed by atoms with Gasteiger partial charge in [-0.05, 0) is 0 Å². The average Bonchev–Trinajstić information content (AvgIpc) is 1.89. The van der Waals surface area contributed by atoms with Crippen LogP contribution in [0.5, 0.6) is 0 Å². The molecule has 0 bridgehead atoms. The van der Waals surface area contributed by atoms with Crippen molar-refractivity contribution in [3.8, 4) is 0 Å². The standard InChI is InChI=1S/2C3H6O2.2H2O.Zn/c2*1-2-3(4)5;;;/h2*2H2,1H3,(H,4,5);2*1H2;. The maximum atomic E-state index is 9.37. The molecule has 0 aromatic heterocycles. The molecule has 0 unspecified atom stereocenters. The van der Waals surface area contributed by atoms with Gasteiger partial charge in [0, 0.05) is 32.3 Å². The first-order valence-electron chi connectivity index (χ1n) is 2.98. The van der Waals surface area contributed by atoms with E-state index in [4.69, 9.17) is 10.2 Å². The van der Waals surface area contributed by atoms with E-state index in [1.54, 1.807) is 13.8 Å². The minimum atomic E-state index is -0.745. The Morgan fingerprint density at radius 3 is 1.00 bits per heavy atom. The molecular weight excluding hydrogens is 233 g/mol. The molecule has 0 amide bonds. The molecule has 0 aliphatic heterocycles. The molecule has 6 nitrogen and oxygen atoms in total. The molecule has 0 aliphatic carbocycles. The molecule has 0 aromatic rings. The Labute approximate surface area is 89.3 Å². The Balaban J connectivity index is -0.0000000267. The Morgan fingerprint density at radius 2 is 1.00 bits per heavy atom. The van der Waals surface area contributed by atoms with Gasteiger partial charge in [0.05, 0.1) is 0 Å². The van der Waals surface area contributed by atoms with Crippen LogP contribution in [0.15, 0.2) is 0 Å². The summed E-state index contributed by atoms with van der Waals surface area (Å²) in [7, 11) is 0. The summed E-state index contributed by atoms with van der Waals surface area (Å²) in [6.45, 7) is 3.20. The van der Waals surface area contributed by atoms with Gasteiger partial charge in [-0.15, -0.1) is 0 Å². The van der Waals surface area contributed by atoms with E-state index >= 15 is 0 Å². The van der Waals surface area contributed by atoms with Crippen molar-refractivity contribution in [3.05, 3.63) is 0 Å². The average molecular weight is 250 g/mol. The predicted octanol–water partition coefficient (Wildman–Crippen LogP) is -0.690. The number of carbonyl (C=O) groups is 2. The topological polar surface area (TPSA) is 138 Å². The zero-order valence-corrected chi connectivity index (χ0v) is 10.8. The van der Waals surface area contributed by atoms with Gasteiger partial charge in [-0.25, -0.2) is 0 Å². The summed E-state index contributed by atoms with van der Waals surface area (Å²) >= 11 is 0. The first kappa shape index (κ1) is 29.4. The molecule has 0 aliphatic rings. The molecule has 0 radical (unpaired) electrons. The van der Waals surface area contributed by atoms with Crippen LogP contribution < -0.4 is 0 Å². The second kappa shape index (κ2) is 22.5. The van der Waals surface area contributed by atoms with Crippen molar-refractivity contribution in [2.24, 2.45) is 0 Å². The van der Waals surface area contributed by atoms with E-state index in [0.29, 0.717) is 0 Å². The van der Waals surface area contributed by atoms with Crippen LogP contribution in [0.3, 0.4) is 0 Å². The molecule has 0 atom stereocenters. The van der Waals surface area contributed by atoms with Gasteiger partial charge in [-0.3, -0.25) is 9.59 Å². The predicted molar refractivity (Wildman–Crippen MR) is 43.1 cm³/mol. The smallest absolute Gasteiger partial charge is 0.303 e. The normalized spacial score (nSPS) is 5.69. The molecule has 0 aromatic carbocycles. The largest absolute Gasteiger partial charge is 0.481 e.